The lowest BCUT2D eigenvalue weighted by Gasteiger charge is -2.34. The number of carbonyl (C=O) groups is 3. The average Bonchev–Trinajstić information content (AvgIpc) is 2.87. The van der Waals surface area contributed by atoms with Crippen molar-refractivity contribution in [2.24, 2.45) is 0 Å². The predicted molar refractivity (Wildman–Crippen MR) is 136 cm³/mol. The van der Waals surface area contributed by atoms with Crippen LogP contribution in [-0.2, 0) is 25.5 Å². The van der Waals surface area contributed by atoms with E-state index >= 15 is 0 Å². The molecule has 0 aromatic heterocycles. The zero-order valence-corrected chi connectivity index (χ0v) is 21.4. The van der Waals surface area contributed by atoms with E-state index in [1.54, 1.807) is 62.1 Å². The van der Waals surface area contributed by atoms with Crippen LogP contribution in [0.2, 0.25) is 0 Å². The molecule has 2 amide bonds. The monoisotopic (exact) mass is 507 g/mol. The van der Waals surface area contributed by atoms with Crippen LogP contribution in [0.15, 0.2) is 48.5 Å². The summed E-state index contributed by atoms with van der Waals surface area (Å²) in [6.45, 7) is 6.10. The van der Waals surface area contributed by atoms with Crippen molar-refractivity contribution in [1.82, 2.24) is 10.2 Å². The van der Waals surface area contributed by atoms with Crippen molar-refractivity contribution < 1.29 is 29.0 Å². The highest BCUT2D eigenvalue weighted by Gasteiger charge is 2.30. The van der Waals surface area contributed by atoms with Crippen molar-refractivity contribution in [3.8, 4) is 11.8 Å². The summed E-state index contributed by atoms with van der Waals surface area (Å²) in [7, 11) is 0. The second kappa shape index (κ2) is 12.4. The maximum absolute atomic E-state index is 13.5. The zero-order chi connectivity index (χ0) is 27.0. The topological polar surface area (TPSA) is 129 Å². The second-order valence-electron chi connectivity index (χ2n) is 10.0. The highest BCUT2D eigenvalue weighted by Crippen LogP contribution is 2.18. The van der Waals surface area contributed by atoms with Gasteiger partial charge in [-0.05, 0) is 75.6 Å². The van der Waals surface area contributed by atoms with E-state index in [9.17, 15) is 19.5 Å². The maximum atomic E-state index is 13.5. The third-order valence-electron chi connectivity index (χ3n) is 5.87. The molecule has 1 atom stereocenters. The summed E-state index contributed by atoms with van der Waals surface area (Å²) in [4.78, 5) is 40.0. The summed E-state index contributed by atoms with van der Waals surface area (Å²) in [6, 6.07) is 13.9. The highest BCUT2D eigenvalue weighted by molar-refractivity contribution is 5.97. The number of phenols is 1. The van der Waals surface area contributed by atoms with Gasteiger partial charge in [0.25, 0.3) is 5.91 Å². The van der Waals surface area contributed by atoms with Crippen molar-refractivity contribution >= 4 is 17.8 Å². The Morgan fingerprint density at radius 2 is 1.70 bits per heavy atom. The number of nitrogens with zero attached hydrogens (tertiary/aromatic N) is 2. The summed E-state index contributed by atoms with van der Waals surface area (Å²) in [5.41, 5.74) is 0.985. The van der Waals surface area contributed by atoms with Gasteiger partial charge in [-0.25, -0.2) is 4.79 Å². The van der Waals surface area contributed by atoms with E-state index in [2.05, 4.69) is 5.32 Å². The molecule has 0 saturated carbocycles. The Bertz CT molecular complexity index is 1120. The van der Waals surface area contributed by atoms with Crippen LogP contribution in [0.3, 0.4) is 0 Å². The maximum Gasteiger partial charge on any atom is 0.332 e. The summed E-state index contributed by atoms with van der Waals surface area (Å²) in [6.07, 6.45) is 1.20. The largest absolute Gasteiger partial charge is 0.508 e. The van der Waals surface area contributed by atoms with Gasteiger partial charge in [-0.2, -0.15) is 5.26 Å². The standard InChI is InChI=1S/C28H33N3O6/c1-28(2,3)37-25(33)18-36-23-12-14-31(15-13-23)27(35)24(16-19-6-10-22(32)11-7-19)30-26(34)21-8-4-20(17-29)5-9-21/h4-11,23-24,32H,12-16,18H2,1-3H3,(H,30,34)/t24-/m0/s1. The highest BCUT2D eigenvalue weighted by atomic mass is 16.6. The van der Waals surface area contributed by atoms with Crippen molar-refractivity contribution in [3.63, 3.8) is 0 Å². The lowest BCUT2D eigenvalue weighted by molar-refractivity contribution is -0.163. The number of nitrogens with one attached hydrogen (secondary N) is 1. The van der Waals surface area contributed by atoms with E-state index in [4.69, 9.17) is 14.7 Å². The number of esters is 1. The Hall–Kier alpha value is -3.90. The van der Waals surface area contributed by atoms with Gasteiger partial charge < -0.3 is 24.8 Å². The number of hydrogen-bond acceptors (Lipinski definition) is 7. The first kappa shape index (κ1) is 27.7. The summed E-state index contributed by atoms with van der Waals surface area (Å²) in [5, 5.41) is 21.4. The van der Waals surface area contributed by atoms with Gasteiger partial charge in [-0.3, -0.25) is 9.59 Å². The van der Waals surface area contributed by atoms with Crippen LogP contribution >= 0.6 is 0 Å². The molecular weight excluding hydrogens is 474 g/mol. The number of likely N-dealkylation sites (tertiary alicyclic amines) is 1. The Labute approximate surface area is 217 Å². The van der Waals surface area contributed by atoms with E-state index in [0.717, 1.165) is 5.56 Å². The smallest absolute Gasteiger partial charge is 0.332 e. The quantitative estimate of drug-likeness (QED) is 0.526. The van der Waals surface area contributed by atoms with Gasteiger partial charge in [0, 0.05) is 25.1 Å². The molecule has 37 heavy (non-hydrogen) atoms. The molecule has 0 spiro atoms. The zero-order valence-electron chi connectivity index (χ0n) is 21.4. The molecular formula is C28H33N3O6. The molecule has 2 aromatic carbocycles. The molecule has 9 heteroatoms. The summed E-state index contributed by atoms with van der Waals surface area (Å²) < 4.78 is 11.0. The number of piperidine rings is 1. The van der Waals surface area contributed by atoms with Gasteiger partial charge in [0.15, 0.2) is 0 Å². The average molecular weight is 508 g/mol. The van der Waals surface area contributed by atoms with Gasteiger partial charge in [0.05, 0.1) is 17.7 Å². The molecule has 3 rings (SSSR count). The molecule has 0 bridgehead atoms. The molecule has 1 aliphatic rings. The number of benzene rings is 2. The second-order valence-corrected chi connectivity index (χ2v) is 10.0. The lowest BCUT2D eigenvalue weighted by Crippen LogP contribution is -2.52. The van der Waals surface area contributed by atoms with Crippen LogP contribution in [0.5, 0.6) is 5.75 Å². The Kier molecular flexibility index (Phi) is 9.25. The summed E-state index contributed by atoms with van der Waals surface area (Å²) >= 11 is 0. The molecule has 0 unspecified atom stereocenters. The first-order chi connectivity index (χ1) is 17.5. The van der Waals surface area contributed by atoms with Crippen molar-refractivity contribution in [1.29, 1.82) is 5.26 Å². The van der Waals surface area contributed by atoms with Crippen LogP contribution in [0.25, 0.3) is 0 Å². The number of amides is 2. The third kappa shape index (κ3) is 8.62. The SMILES string of the molecule is CC(C)(C)OC(=O)COC1CCN(C(=O)[C@H](Cc2ccc(O)cc2)NC(=O)c2ccc(C#N)cc2)CC1. The molecule has 2 aromatic rings. The lowest BCUT2D eigenvalue weighted by atomic mass is 10.0. The van der Waals surface area contributed by atoms with Gasteiger partial charge in [0.1, 0.15) is 24.0 Å². The third-order valence-corrected chi connectivity index (χ3v) is 5.87. The minimum absolute atomic E-state index is 0.113. The summed E-state index contributed by atoms with van der Waals surface area (Å²) in [5.74, 6) is -0.954. The number of carbonyl (C=O) groups excluding carboxylic acids is 3. The normalized spacial score (nSPS) is 14.9. The molecule has 0 radical (unpaired) electrons. The predicted octanol–water partition coefficient (Wildman–Crippen LogP) is 2.95. The van der Waals surface area contributed by atoms with Crippen LogP contribution in [0, 0.1) is 11.3 Å². The fourth-order valence-electron chi connectivity index (χ4n) is 4.03. The number of rotatable bonds is 8. The number of phenolic OH excluding ortho intramolecular Hbond substituents is 1. The number of hydrogen-bond donors (Lipinski definition) is 2. The van der Waals surface area contributed by atoms with E-state index in [0.29, 0.717) is 37.1 Å². The number of nitriles is 1. The minimum Gasteiger partial charge on any atom is -0.508 e. The fourth-order valence-corrected chi connectivity index (χ4v) is 4.03. The molecule has 0 aliphatic carbocycles. The van der Waals surface area contributed by atoms with Crippen molar-refractivity contribution in [2.75, 3.05) is 19.7 Å². The van der Waals surface area contributed by atoms with E-state index in [1.807, 2.05) is 6.07 Å². The van der Waals surface area contributed by atoms with Gasteiger partial charge in [-0.15, -0.1) is 0 Å². The molecule has 196 valence electrons. The fraction of sp³-hybridized carbons (Fsp3) is 0.429. The van der Waals surface area contributed by atoms with Crippen LogP contribution in [0.1, 0.15) is 55.1 Å². The molecule has 9 nitrogen and oxygen atoms in total. The molecule has 1 aliphatic heterocycles. The van der Waals surface area contributed by atoms with E-state index in [-0.39, 0.29) is 30.8 Å². The van der Waals surface area contributed by atoms with Crippen molar-refractivity contribution in [2.45, 2.75) is 57.8 Å². The molecule has 1 saturated heterocycles. The molecule has 1 heterocycles. The first-order valence-electron chi connectivity index (χ1n) is 12.3. The van der Waals surface area contributed by atoms with E-state index in [1.165, 1.54) is 12.1 Å². The van der Waals surface area contributed by atoms with Crippen LogP contribution in [-0.4, -0.2) is 65.2 Å². The number of ether oxygens (including phenoxy) is 2. The minimum atomic E-state index is -0.827. The van der Waals surface area contributed by atoms with Gasteiger partial charge >= 0.3 is 5.97 Å². The van der Waals surface area contributed by atoms with E-state index < -0.39 is 23.5 Å². The molecule has 2 N–H and O–H groups in total. The van der Waals surface area contributed by atoms with Crippen LogP contribution in [0.4, 0.5) is 0 Å². The van der Waals surface area contributed by atoms with Crippen LogP contribution < -0.4 is 5.32 Å². The van der Waals surface area contributed by atoms with Gasteiger partial charge in [0.2, 0.25) is 5.91 Å². The Balaban J connectivity index is 1.63. The molecule has 1 fully saturated rings. The Morgan fingerprint density at radius 3 is 2.27 bits per heavy atom. The van der Waals surface area contributed by atoms with Crippen molar-refractivity contribution in [3.05, 3.63) is 65.2 Å². The Morgan fingerprint density at radius 1 is 1.08 bits per heavy atom. The van der Waals surface area contributed by atoms with Gasteiger partial charge in [-0.1, -0.05) is 12.1 Å². The number of aromatic hydroxyl groups is 1. The first-order valence-corrected chi connectivity index (χ1v) is 12.3.